The SMILES string of the molecule is CCCCc1ncc(/C=C\C(=O)O)n1C(OCC)[Si](C)(C)C. The van der Waals surface area contributed by atoms with E-state index in [-0.39, 0.29) is 5.85 Å². The number of carbonyl (C=O) groups is 1. The van der Waals surface area contributed by atoms with E-state index in [9.17, 15) is 4.79 Å². The van der Waals surface area contributed by atoms with Gasteiger partial charge in [0.1, 0.15) is 19.7 Å². The molecule has 0 bridgehead atoms. The van der Waals surface area contributed by atoms with Gasteiger partial charge in [-0.05, 0) is 19.4 Å². The summed E-state index contributed by atoms with van der Waals surface area (Å²) in [7, 11) is -1.65. The second kappa shape index (κ2) is 8.29. The molecule has 0 fully saturated rings. The van der Waals surface area contributed by atoms with Crippen molar-refractivity contribution >= 4 is 20.1 Å². The van der Waals surface area contributed by atoms with Gasteiger partial charge in [-0.3, -0.25) is 0 Å². The average Bonchev–Trinajstić information content (AvgIpc) is 2.81. The first-order valence-electron chi connectivity index (χ1n) is 7.90. The highest BCUT2D eigenvalue weighted by Crippen LogP contribution is 2.27. The highest BCUT2D eigenvalue weighted by molar-refractivity contribution is 6.76. The maximum absolute atomic E-state index is 10.8. The molecule has 0 spiro atoms. The number of carboxylic acid groups (broad SMARTS) is 1. The minimum atomic E-state index is -1.65. The normalized spacial score (nSPS) is 13.7. The summed E-state index contributed by atoms with van der Waals surface area (Å²) in [4.78, 5) is 15.3. The summed E-state index contributed by atoms with van der Waals surface area (Å²) in [6, 6.07) is 0. The Balaban J connectivity index is 3.29. The van der Waals surface area contributed by atoms with Crippen LogP contribution in [0.2, 0.25) is 19.6 Å². The molecule has 22 heavy (non-hydrogen) atoms. The van der Waals surface area contributed by atoms with Crippen molar-refractivity contribution in [3.05, 3.63) is 23.8 Å². The summed E-state index contributed by atoms with van der Waals surface area (Å²) in [5.74, 6) is -0.0168. The van der Waals surface area contributed by atoms with Crippen LogP contribution < -0.4 is 0 Å². The van der Waals surface area contributed by atoms with Crippen molar-refractivity contribution in [1.29, 1.82) is 0 Å². The number of aryl methyl sites for hydroxylation is 1. The van der Waals surface area contributed by atoms with Crippen LogP contribution in [0.25, 0.3) is 6.08 Å². The van der Waals surface area contributed by atoms with Crippen molar-refractivity contribution < 1.29 is 14.6 Å². The summed E-state index contributed by atoms with van der Waals surface area (Å²) >= 11 is 0. The van der Waals surface area contributed by atoms with Gasteiger partial charge in [-0.15, -0.1) is 0 Å². The van der Waals surface area contributed by atoms with Crippen LogP contribution in [0.15, 0.2) is 12.3 Å². The van der Waals surface area contributed by atoms with Crippen molar-refractivity contribution in [3.8, 4) is 0 Å². The first kappa shape index (κ1) is 18.6. The number of ether oxygens (including phenoxy) is 1. The van der Waals surface area contributed by atoms with Crippen molar-refractivity contribution in [2.45, 2.75) is 58.6 Å². The number of aliphatic carboxylic acids is 1. The van der Waals surface area contributed by atoms with E-state index in [0.29, 0.717) is 6.61 Å². The standard InChI is InChI=1S/C16H28N2O3Si/c1-6-8-9-14-17-12-13(10-11-15(19)20)18(14)16(21-7-2)22(3,4)5/h10-12,16H,6-9H2,1-5H3,(H,19,20)/b11-10-. The van der Waals surface area contributed by atoms with Crippen molar-refractivity contribution in [2.24, 2.45) is 0 Å². The third-order valence-electron chi connectivity index (χ3n) is 3.35. The maximum Gasteiger partial charge on any atom is 0.328 e. The van der Waals surface area contributed by atoms with Gasteiger partial charge in [0.2, 0.25) is 0 Å². The van der Waals surface area contributed by atoms with E-state index in [1.165, 1.54) is 0 Å². The van der Waals surface area contributed by atoms with Gasteiger partial charge in [0.05, 0.1) is 11.9 Å². The lowest BCUT2D eigenvalue weighted by Crippen LogP contribution is -2.38. The number of aromatic nitrogens is 2. The molecule has 0 radical (unpaired) electrons. The monoisotopic (exact) mass is 324 g/mol. The van der Waals surface area contributed by atoms with E-state index >= 15 is 0 Å². The summed E-state index contributed by atoms with van der Waals surface area (Å²) in [5.41, 5.74) is 0.800. The van der Waals surface area contributed by atoms with E-state index in [1.807, 2.05) is 6.92 Å². The number of unbranched alkanes of at least 4 members (excludes halogenated alkanes) is 1. The number of hydrogen-bond donors (Lipinski definition) is 1. The Morgan fingerprint density at radius 1 is 1.45 bits per heavy atom. The lowest BCUT2D eigenvalue weighted by Gasteiger charge is -2.32. The fourth-order valence-electron chi connectivity index (χ4n) is 2.35. The molecule has 0 aliphatic heterocycles. The maximum atomic E-state index is 10.8. The molecular formula is C16H28N2O3Si. The highest BCUT2D eigenvalue weighted by atomic mass is 28.3. The molecule has 1 N–H and O–H groups in total. The van der Waals surface area contributed by atoms with E-state index in [0.717, 1.165) is 36.9 Å². The molecule has 1 aromatic heterocycles. The highest BCUT2D eigenvalue weighted by Gasteiger charge is 2.31. The zero-order chi connectivity index (χ0) is 16.8. The van der Waals surface area contributed by atoms with Gasteiger partial charge < -0.3 is 14.4 Å². The van der Waals surface area contributed by atoms with E-state index in [4.69, 9.17) is 9.84 Å². The van der Waals surface area contributed by atoms with Gasteiger partial charge in [-0.2, -0.15) is 0 Å². The molecule has 1 unspecified atom stereocenters. The molecule has 1 heterocycles. The summed E-state index contributed by atoms with van der Waals surface area (Å²) in [5, 5.41) is 8.88. The Morgan fingerprint density at radius 3 is 2.64 bits per heavy atom. The van der Waals surface area contributed by atoms with Crippen LogP contribution in [0.4, 0.5) is 0 Å². The minimum Gasteiger partial charge on any atom is -0.478 e. The largest absolute Gasteiger partial charge is 0.478 e. The van der Waals surface area contributed by atoms with Crippen LogP contribution in [0.1, 0.15) is 44.1 Å². The van der Waals surface area contributed by atoms with Gasteiger partial charge in [-0.25, -0.2) is 9.78 Å². The van der Waals surface area contributed by atoms with E-state index in [1.54, 1.807) is 12.3 Å². The number of hydrogen-bond acceptors (Lipinski definition) is 3. The van der Waals surface area contributed by atoms with Gasteiger partial charge in [-0.1, -0.05) is 33.0 Å². The molecular weight excluding hydrogens is 296 g/mol. The number of imidazole rings is 1. The molecule has 0 aliphatic rings. The first-order chi connectivity index (χ1) is 10.3. The quantitative estimate of drug-likeness (QED) is 0.555. The smallest absolute Gasteiger partial charge is 0.328 e. The molecule has 5 nitrogen and oxygen atoms in total. The van der Waals surface area contributed by atoms with Gasteiger partial charge in [0.25, 0.3) is 0 Å². The second-order valence-electron chi connectivity index (χ2n) is 6.42. The molecule has 124 valence electrons. The van der Waals surface area contributed by atoms with E-state index < -0.39 is 14.0 Å². The molecule has 0 amide bonds. The predicted molar refractivity (Wildman–Crippen MR) is 91.5 cm³/mol. The molecule has 0 aromatic carbocycles. The molecule has 0 saturated carbocycles. The average molecular weight is 324 g/mol. The van der Waals surface area contributed by atoms with Crippen LogP contribution in [-0.2, 0) is 16.0 Å². The third-order valence-corrected chi connectivity index (χ3v) is 5.26. The Hall–Kier alpha value is -1.40. The first-order valence-corrected chi connectivity index (χ1v) is 11.5. The topological polar surface area (TPSA) is 64.3 Å². The summed E-state index contributed by atoms with van der Waals surface area (Å²) < 4.78 is 8.12. The Morgan fingerprint density at radius 2 is 2.14 bits per heavy atom. The lowest BCUT2D eigenvalue weighted by atomic mass is 10.2. The summed E-state index contributed by atoms with van der Waals surface area (Å²) in [6.07, 6.45) is 7.55. The van der Waals surface area contributed by atoms with Crippen LogP contribution in [0, 0.1) is 0 Å². The van der Waals surface area contributed by atoms with Crippen LogP contribution in [0.3, 0.4) is 0 Å². The molecule has 1 aromatic rings. The molecule has 0 aliphatic carbocycles. The van der Waals surface area contributed by atoms with Gasteiger partial charge in [0.15, 0.2) is 0 Å². The summed E-state index contributed by atoms with van der Waals surface area (Å²) in [6.45, 7) is 11.5. The zero-order valence-electron chi connectivity index (χ0n) is 14.3. The third kappa shape index (κ3) is 5.10. The van der Waals surface area contributed by atoms with Crippen molar-refractivity contribution in [2.75, 3.05) is 6.61 Å². The van der Waals surface area contributed by atoms with Gasteiger partial charge in [0, 0.05) is 19.1 Å². The van der Waals surface area contributed by atoms with Crippen LogP contribution >= 0.6 is 0 Å². The molecule has 1 rings (SSSR count). The van der Waals surface area contributed by atoms with Crippen LogP contribution in [-0.4, -0.2) is 35.3 Å². The number of rotatable bonds is 9. The fraction of sp³-hybridized carbons (Fsp3) is 0.625. The number of nitrogens with zero attached hydrogens (tertiary/aromatic N) is 2. The minimum absolute atomic E-state index is 0.0414. The Kier molecular flexibility index (Phi) is 7.02. The van der Waals surface area contributed by atoms with Crippen molar-refractivity contribution in [3.63, 3.8) is 0 Å². The Labute approximate surface area is 134 Å². The molecule has 1 atom stereocenters. The lowest BCUT2D eigenvalue weighted by molar-refractivity contribution is -0.131. The zero-order valence-corrected chi connectivity index (χ0v) is 15.3. The van der Waals surface area contributed by atoms with E-state index in [2.05, 4.69) is 36.1 Å². The Bertz CT molecular complexity index is 518. The number of carboxylic acids is 1. The van der Waals surface area contributed by atoms with Crippen LogP contribution in [0.5, 0.6) is 0 Å². The van der Waals surface area contributed by atoms with Crippen molar-refractivity contribution in [1.82, 2.24) is 9.55 Å². The van der Waals surface area contributed by atoms with Gasteiger partial charge >= 0.3 is 5.97 Å². The molecule has 0 saturated heterocycles. The predicted octanol–water partition coefficient (Wildman–Crippen LogP) is 3.74. The molecule has 6 heteroatoms. The fourth-order valence-corrected chi connectivity index (χ4v) is 4.09. The second-order valence-corrected chi connectivity index (χ2v) is 11.6.